The molecule has 0 aliphatic heterocycles. The van der Waals surface area contributed by atoms with Crippen LogP contribution < -0.4 is 5.32 Å². The van der Waals surface area contributed by atoms with Gasteiger partial charge >= 0.3 is 0 Å². The molecule has 0 aromatic rings. The quantitative estimate of drug-likeness (QED) is 0.652. The van der Waals surface area contributed by atoms with Gasteiger partial charge in [0.25, 0.3) is 0 Å². The molecular weight excluding hydrogens is 224 g/mol. The SMILES string of the molecule is CCCC(CNC(C)(C)C)OCCN(CC)CC. The Morgan fingerprint density at radius 2 is 1.72 bits per heavy atom. The molecule has 18 heavy (non-hydrogen) atoms. The Bertz CT molecular complexity index is 185. The summed E-state index contributed by atoms with van der Waals surface area (Å²) in [7, 11) is 0. The van der Waals surface area contributed by atoms with Crippen molar-refractivity contribution in [2.24, 2.45) is 0 Å². The van der Waals surface area contributed by atoms with E-state index < -0.39 is 0 Å². The van der Waals surface area contributed by atoms with Crippen molar-refractivity contribution in [1.29, 1.82) is 0 Å². The zero-order chi connectivity index (χ0) is 14.0. The van der Waals surface area contributed by atoms with Gasteiger partial charge in [-0.25, -0.2) is 0 Å². The summed E-state index contributed by atoms with van der Waals surface area (Å²) in [6.45, 7) is 18.3. The highest BCUT2D eigenvalue weighted by atomic mass is 16.5. The van der Waals surface area contributed by atoms with Crippen LogP contribution in [-0.4, -0.2) is 49.3 Å². The third-order valence-electron chi connectivity index (χ3n) is 3.13. The molecule has 0 fully saturated rings. The smallest absolute Gasteiger partial charge is 0.0700 e. The number of rotatable bonds is 10. The van der Waals surface area contributed by atoms with Crippen molar-refractivity contribution in [2.45, 2.75) is 66.0 Å². The van der Waals surface area contributed by atoms with E-state index in [1.54, 1.807) is 0 Å². The van der Waals surface area contributed by atoms with Crippen LogP contribution >= 0.6 is 0 Å². The van der Waals surface area contributed by atoms with Gasteiger partial charge in [0.2, 0.25) is 0 Å². The van der Waals surface area contributed by atoms with Gasteiger partial charge in [-0.3, -0.25) is 0 Å². The molecule has 0 heterocycles. The minimum atomic E-state index is 0.175. The molecule has 0 bridgehead atoms. The first-order valence-corrected chi connectivity index (χ1v) is 7.51. The maximum Gasteiger partial charge on any atom is 0.0700 e. The molecule has 110 valence electrons. The number of ether oxygens (including phenoxy) is 1. The first kappa shape index (κ1) is 17.9. The highest BCUT2D eigenvalue weighted by molar-refractivity contribution is 4.73. The number of nitrogens with one attached hydrogen (secondary N) is 1. The van der Waals surface area contributed by atoms with Crippen LogP contribution in [-0.2, 0) is 4.74 Å². The normalized spacial score (nSPS) is 14.2. The van der Waals surface area contributed by atoms with Gasteiger partial charge in [-0.05, 0) is 40.3 Å². The third-order valence-corrected chi connectivity index (χ3v) is 3.13. The lowest BCUT2D eigenvalue weighted by Gasteiger charge is -2.26. The largest absolute Gasteiger partial charge is 0.376 e. The van der Waals surface area contributed by atoms with E-state index in [0.29, 0.717) is 6.10 Å². The summed E-state index contributed by atoms with van der Waals surface area (Å²) in [6, 6.07) is 0. The molecule has 0 amide bonds. The average molecular weight is 258 g/mol. The van der Waals surface area contributed by atoms with E-state index in [1.807, 2.05) is 0 Å². The summed E-state index contributed by atoms with van der Waals surface area (Å²) < 4.78 is 6.01. The number of hydrogen-bond acceptors (Lipinski definition) is 3. The molecule has 1 atom stereocenters. The monoisotopic (exact) mass is 258 g/mol. The van der Waals surface area contributed by atoms with Crippen LogP contribution in [0.1, 0.15) is 54.4 Å². The molecule has 0 aromatic heterocycles. The highest BCUT2D eigenvalue weighted by Gasteiger charge is 2.14. The molecule has 0 spiro atoms. The summed E-state index contributed by atoms with van der Waals surface area (Å²) in [5.74, 6) is 0. The Labute approximate surface area is 114 Å². The minimum Gasteiger partial charge on any atom is -0.376 e. The lowest BCUT2D eigenvalue weighted by atomic mass is 10.1. The number of nitrogens with zero attached hydrogens (tertiary/aromatic N) is 1. The van der Waals surface area contributed by atoms with E-state index in [-0.39, 0.29) is 5.54 Å². The van der Waals surface area contributed by atoms with Crippen molar-refractivity contribution in [2.75, 3.05) is 32.8 Å². The fourth-order valence-electron chi connectivity index (χ4n) is 1.87. The summed E-state index contributed by atoms with van der Waals surface area (Å²) in [5, 5.41) is 3.53. The Morgan fingerprint density at radius 1 is 1.11 bits per heavy atom. The van der Waals surface area contributed by atoms with Crippen LogP contribution in [0.4, 0.5) is 0 Å². The molecule has 0 aliphatic rings. The lowest BCUT2D eigenvalue weighted by Crippen LogP contribution is -2.42. The van der Waals surface area contributed by atoms with E-state index in [1.165, 1.54) is 6.42 Å². The lowest BCUT2D eigenvalue weighted by molar-refractivity contribution is 0.0303. The molecular formula is C15H34N2O. The van der Waals surface area contributed by atoms with Gasteiger partial charge in [0.15, 0.2) is 0 Å². The predicted molar refractivity (Wildman–Crippen MR) is 80.2 cm³/mol. The summed E-state index contributed by atoms with van der Waals surface area (Å²) in [5.41, 5.74) is 0.175. The van der Waals surface area contributed by atoms with Gasteiger partial charge in [-0.2, -0.15) is 0 Å². The number of hydrogen-bond donors (Lipinski definition) is 1. The molecule has 0 saturated carbocycles. The summed E-state index contributed by atoms with van der Waals surface area (Å²) in [6.07, 6.45) is 2.67. The molecule has 3 nitrogen and oxygen atoms in total. The van der Waals surface area contributed by atoms with Gasteiger partial charge < -0.3 is 15.0 Å². The second kappa shape index (κ2) is 9.76. The third kappa shape index (κ3) is 9.86. The molecule has 0 radical (unpaired) electrons. The van der Waals surface area contributed by atoms with Crippen molar-refractivity contribution in [3.8, 4) is 0 Å². The standard InChI is InChI=1S/C15H34N2O/c1-7-10-14(13-16-15(4,5)6)18-12-11-17(8-2)9-3/h14,16H,7-13H2,1-6H3. The van der Waals surface area contributed by atoms with Crippen molar-refractivity contribution in [1.82, 2.24) is 10.2 Å². The topological polar surface area (TPSA) is 24.5 Å². The van der Waals surface area contributed by atoms with E-state index >= 15 is 0 Å². The van der Waals surface area contributed by atoms with Crippen molar-refractivity contribution >= 4 is 0 Å². The van der Waals surface area contributed by atoms with Crippen molar-refractivity contribution in [3.05, 3.63) is 0 Å². The van der Waals surface area contributed by atoms with Crippen LogP contribution in [0.15, 0.2) is 0 Å². The van der Waals surface area contributed by atoms with E-state index in [4.69, 9.17) is 4.74 Å². The van der Waals surface area contributed by atoms with Gasteiger partial charge in [-0.15, -0.1) is 0 Å². The van der Waals surface area contributed by atoms with Crippen molar-refractivity contribution < 1.29 is 4.74 Å². The molecule has 0 aliphatic carbocycles. The van der Waals surface area contributed by atoms with Crippen molar-refractivity contribution in [3.63, 3.8) is 0 Å². The zero-order valence-corrected chi connectivity index (χ0v) is 13.4. The number of likely N-dealkylation sites (N-methyl/N-ethyl adjacent to an activating group) is 1. The first-order chi connectivity index (χ1) is 8.42. The summed E-state index contributed by atoms with van der Waals surface area (Å²) in [4.78, 5) is 2.40. The van der Waals surface area contributed by atoms with E-state index in [0.717, 1.165) is 39.2 Å². The zero-order valence-electron chi connectivity index (χ0n) is 13.4. The van der Waals surface area contributed by atoms with Crippen LogP contribution in [0.2, 0.25) is 0 Å². The Balaban J connectivity index is 3.89. The second-order valence-corrected chi connectivity index (χ2v) is 5.94. The molecule has 0 aromatic carbocycles. The second-order valence-electron chi connectivity index (χ2n) is 5.94. The van der Waals surface area contributed by atoms with Gasteiger partial charge in [0, 0.05) is 18.6 Å². The molecule has 3 heteroatoms. The fraction of sp³-hybridized carbons (Fsp3) is 1.00. The van der Waals surface area contributed by atoms with Crippen LogP contribution in [0.5, 0.6) is 0 Å². The van der Waals surface area contributed by atoms with Gasteiger partial charge in [-0.1, -0.05) is 27.2 Å². The highest BCUT2D eigenvalue weighted by Crippen LogP contribution is 2.05. The maximum absolute atomic E-state index is 6.01. The van der Waals surface area contributed by atoms with E-state index in [9.17, 15) is 0 Å². The molecule has 1 N–H and O–H groups in total. The van der Waals surface area contributed by atoms with E-state index in [2.05, 4.69) is 51.8 Å². The minimum absolute atomic E-state index is 0.175. The first-order valence-electron chi connectivity index (χ1n) is 7.51. The molecule has 0 rings (SSSR count). The Kier molecular flexibility index (Phi) is 9.70. The summed E-state index contributed by atoms with van der Waals surface area (Å²) >= 11 is 0. The van der Waals surface area contributed by atoms with Crippen LogP contribution in [0.25, 0.3) is 0 Å². The fourth-order valence-corrected chi connectivity index (χ4v) is 1.87. The predicted octanol–water partition coefficient (Wildman–Crippen LogP) is 2.90. The van der Waals surface area contributed by atoms with Crippen LogP contribution in [0.3, 0.4) is 0 Å². The van der Waals surface area contributed by atoms with Gasteiger partial charge in [0.05, 0.1) is 12.7 Å². The van der Waals surface area contributed by atoms with Gasteiger partial charge in [0.1, 0.15) is 0 Å². The Morgan fingerprint density at radius 3 is 2.17 bits per heavy atom. The maximum atomic E-state index is 6.01. The molecule has 0 saturated heterocycles. The molecule has 1 unspecified atom stereocenters. The average Bonchev–Trinajstić information content (AvgIpc) is 2.30. The van der Waals surface area contributed by atoms with Crippen LogP contribution in [0, 0.1) is 0 Å². The Hall–Kier alpha value is -0.120.